The molecule has 0 aliphatic heterocycles. The number of hydrogen-bond acceptors (Lipinski definition) is 3. The smallest absolute Gasteiger partial charge is 0.154 e. The third kappa shape index (κ3) is 3.52. The van der Waals surface area contributed by atoms with Crippen LogP contribution in [0.25, 0.3) is 0 Å². The summed E-state index contributed by atoms with van der Waals surface area (Å²) >= 11 is 0. The second-order valence-electron chi connectivity index (χ2n) is 3.18. The molecule has 0 aromatic heterocycles. The van der Waals surface area contributed by atoms with Crippen molar-refractivity contribution in [3.8, 4) is 0 Å². The number of aliphatic hydroxyl groups excluding tert-OH is 1. The zero-order valence-corrected chi connectivity index (χ0v) is 8.21. The molecule has 0 spiro atoms. The van der Waals surface area contributed by atoms with Crippen molar-refractivity contribution >= 4 is 0 Å². The Hall–Kier alpha value is -0.120. The van der Waals surface area contributed by atoms with Gasteiger partial charge in [0.1, 0.15) is 0 Å². The van der Waals surface area contributed by atoms with Crippen molar-refractivity contribution < 1.29 is 14.9 Å². The highest BCUT2D eigenvalue weighted by atomic mass is 16.5. The lowest BCUT2D eigenvalue weighted by molar-refractivity contribution is -0.121. The minimum Gasteiger partial charge on any atom is -0.378 e. The summed E-state index contributed by atoms with van der Waals surface area (Å²) in [7, 11) is 1.63. The summed E-state index contributed by atoms with van der Waals surface area (Å²) in [5.41, 5.74) is -0.344. The second-order valence-corrected chi connectivity index (χ2v) is 3.18. The van der Waals surface area contributed by atoms with Gasteiger partial charge in [0, 0.05) is 13.5 Å². The van der Waals surface area contributed by atoms with Gasteiger partial charge in [-0.15, -0.1) is 0 Å². The van der Waals surface area contributed by atoms with Crippen LogP contribution in [0.15, 0.2) is 0 Å². The molecular formula is C9H20O3. The first-order chi connectivity index (χ1) is 5.60. The van der Waals surface area contributed by atoms with Crippen LogP contribution in [0.2, 0.25) is 0 Å². The van der Waals surface area contributed by atoms with Crippen LogP contribution < -0.4 is 0 Å². The summed E-state index contributed by atoms with van der Waals surface area (Å²) < 4.78 is 5.32. The standard InChI is InChI=1S/C9H20O3/c1-4-6-9(5-2,12-3)7-8(10)11/h8,10-11H,4-7H2,1-3H3. The van der Waals surface area contributed by atoms with Crippen LogP contribution in [0.5, 0.6) is 0 Å². The topological polar surface area (TPSA) is 49.7 Å². The van der Waals surface area contributed by atoms with E-state index in [1.54, 1.807) is 7.11 Å². The van der Waals surface area contributed by atoms with Crippen LogP contribution in [-0.4, -0.2) is 29.2 Å². The second kappa shape index (κ2) is 5.51. The van der Waals surface area contributed by atoms with Crippen LogP contribution in [-0.2, 0) is 4.74 Å². The van der Waals surface area contributed by atoms with Crippen molar-refractivity contribution in [3.05, 3.63) is 0 Å². The fourth-order valence-electron chi connectivity index (χ4n) is 1.54. The van der Waals surface area contributed by atoms with Crippen molar-refractivity contribution in [1.82, 2.24) is 0 Å². The molecule has 3 nitrogen and oxygen atoms in total. The number of methoxy groups -OCH3 is 1. The quantitative estimate of drug-likeness (QED) is 0.599. The highest BCUT2D eigenvalue weighted by Crippen LogP contribution is 2.26. The molecule has 2 N–H and O–H groups in total. The molecule has 0 saturated carbocycles. The van der Waals surface area contributed by atoms with Gasteiger partial charge in [-0.3, -0.25) is 0 Å². The first-order valence-electron chi connectivity index (χ1n) is 4.51. The lowest BCUT2D eigenvalue weighted by Gasteiger charge is -2.31. The fourth-order valence-corrected chi connectivity index (χ4v) is 1.54. The SMILES string of the molecule is CCCC(CC)(CC(O)O)OC. The van der Waals surface area contributed by atoms with Crippen molar-refractivity contribution in [2.45, 2.75) is 51.4 Å². The van der Waals surface area contributed by atoms with Gasteiger partial charge in [0.2, 0.25) is 0 Å². The molecule has 0 aromatic rings. The first-order valence-corrected chi connectivity index (χ1v) is 4.51. The summed E-state index contributed by atoms with van der Waals surface area (Å²) in [4.78, 5) is 0. The van der Waals surface area contributed by atoms with Gasteiger partial charge in [0.15, 0.2) is 6.29 Å². The Labute approximate surface area is 74.4 Å². The van der Waals surface area contributed by atoms with E-state index in [0.717, 1.165) is 19.3 Å². The lowest BCUT2D eigenvalue weighted by Crippen LogP contribution is -2.34. The third-order valence-electron chi connectivity index (χ3n) is 2.34. The van der Waals surface area contributed by atoms with E-state index in [1.165, 1.54) is 0 Å². The molecule has 0 aliphatic carbocycles. The minimum atomic E-state index is -1.27. The molecule has 74 valence electrons. The molecule has 0 saturated heterocycles. The average molecular weight is 176 g/mol. The molecule has 0 rings (SSSR count). The van der Waals surface area contributed by atoms with Crippen molar-refractivity contribution in [2.75, 3.05) is 7.11 Å². The van der Waals surface area contributed by atoms with Crippen molar-refractivity contribution in [1.29, 1.82) is 0 Å². The number of hydrogen-bond donors (Lipinski definition) is 2. The highest BCUT2D eigenvalue weighted by Gasteiger charge is 2.28. The molecule has 1 atom stereocenters. The normalized spacial score (nSPS) is 16.5. The van der Waals surface area contributed by atoms with Crippen LogP contribution in [0, 0.1) is 0 Å². The van der Waals surface area contributed by atoms with E-state index in [2.05, 4.69) is 6.92 Å². The maximum atomic E-state index is 8.85. The average Bonchev–Trinajstić information content (AvgIpc) is 2.03. The molecule has 0 fully saturated rings. The van der Waals surface area contributed by atoms with E-state index in [0.29, 0.717) is 6.42 Å². The van der Waals surface area contributed by atoms with Crippen LogP contribution in [0.3, 0.4) is 0 Å². The van der Waals surface area contributed by atoms with Gasteiger partial charge in [0.05, 0.1) is 5.60 Å². The van der Waals surface area contributed by atoms with Gasteiger partial charge in [-0.2, -0.15) is 0 Å². The Morgan fingerprint density at radius 3 is 2.17 bits per heavy atom. The van der Waals surface area contributed by atoms with Crippen LogP contribution in [0.1, 0.15) is 39.5 Å². The molecule has 12 heavy (non-hydrogen) atoms. The van der Waals surface area contributed by atoms with Gasteiger partial charge in [-0.05, 0) is 12.8 Å². The Balaban J connectivity index is 4.13. The largest absolute Gasteiger partial charge is 0.378 e. The zero-order valence-electron chi connectivity index (χ0n) is 8.21. The van der Waals surface area contributed by atoms with E-state index in [4.69, 9.17) is 14.9 Å². The minimum absolute atomic E-state index is 0.299. The molecule has 3 heteroatoms. The van der Waals surface area contributed by atoms with Gasteiger partial charge >= 0.3 is 0 Å². The predicted octanol–water partition coefficient (Wildman–Crippen LogP) is 1.28. The molecule has 1 unspecified atom stereocenters. The van der Waals surface area contributed by atoms with Crippen molar-refractivity contribution in [3.63, 3.8) is 0 Å². The summed E-state index contributed by atoms with van der Waals surface area (Å²) in [6.45, 7) is 4.06. The maximum Gasteiger partial charge on any atom is 0.154 e. The lowest BCUT2D eigenvalue weighted by atomic mass is 9.91. The molecule has 0 heterocycles. The van der Waals surface area contributed by atoms with E-state index < -0.39 is 6.29 Å². The maximum absolute atomic E-state index is 8.85. The molecule has 0 aliphatic rings. The van der Waals surface area contributed by atoms with E-state index in [1.807, 2.05) is 6.92 Å². The summed E-state index contributed by atoms with van der Waals surface area (Å²) in [5, 5.41) is 17.7. The Morgan fingerprint density at radius 1 is 1.33 bits per heavy atom. The Bertz CT molecular complexity index is 108. The number of rotatable bonds is 6. The molecule has 0 radical (unpaired) electrons. The van der Waals surface area contributed by atoms with Crippen molar-refractivity contribution in [2.24, 2.45) is 0 Å². The molecular weight excluding hydrogens is 156 g/mol. The zero-order chi connectivity index (χ0) is 9.61. The monoisotopic (exact) mass is 176 g/mol. The highest BCUT2D eigenvalue weighted by molar-refractivity contribution is 4.78. The molecule has 0 amide bonds. The van der Waals surface area contributed by atoms with Gasteiger partial charge in [-0.25, -0.2) is 0 Å². The van der Waals surface area contributed by atoms with Gasteiger partial charge in [-0.1, -0.05) is 20.3 Å². The van der Waals surface area contributed by atoms with Gasteiger partial charge < -0.3 is 14.9 Å². The molecule has 0 bridgehead atoms. The van der Waals surface area contributed by atoms with Crippen LogP contribution >= 0.6 is 0 Å². The van der Waals surface area contributed by atoms with Crippen LogP contribution in [0.4, 0.5) is 0 Å². The summed E-state index contributed by atoms with van der Waals surface area (Å²) in [5.74, 6) is 0. The summed E-state index contributed by atoms with van der Waals surface area (Å²) in [6.07, 6.45) is 1.71. The first kappa shape index (κ1) is 11.9. The Kier molecular flexibility index (Phi) is 5.46. The summed E-state index contributed by atoms with van der Waals surface area (Å²) in [6, 6.07) is 0. The number of aliphatic hydroxyl groups is 2. The van der Waals surface area contributed by atoms with Gasteiger partial charge in [0.25, 0.3) is 0 Å². The fraction of sp³-hybridized carbons (Fsp3) is 1.00. The molecule has 0 aromatic carbocycles. The number of ether oxygens (including phenoxy) is 1. The van der Waals surface area contributed by atoms with E-state index >= 15 is 0 Å². The van der Waals surface area contributed by atoms with E-state index in [-0.39, 0.29) is 5.60 Å². The van der Waals surface area contributed by atoms with E-state index in [9.17, 15) is 0 Å². The predicted molar refractivity (Wildman–Crippen MR) is 47.8 cm³/mol. The third-order valence-corrected chi connectivity index (χ3v) is 2.34. The Morgan fingerprint density at radius 2 is 1.92 bits per heavy atom.